The summed E-state index contributed by atoms with van der Waals surface area (Å²) in [5, 5.41) is 23.8. The van der Waals surface area contributed by atoms with Crippen molar-refractivity contribution in [3.63, 3.8) is 0 Å². The number of nitrogens with one attached hydrogen (secondary N) is 1. The number of hydrogen-bond donors (Lipinski definition) is 3. The molecule has 0 fully saturated rings. The van der Waals surface area contributed by atoms with Crippen molar-refractivity contribution in [2.45, 2.75) is 5.60 Å². The van der Waals surface area contributed by atoms with E-state index < -0.39 is 11.5 Å². The van der Waals surface area contributed by atoms with E-state index in [4.69, 9.17) is 9.47 Å². The van der Waals surface area contributed by atoms with Gasteiger partial charge in [0.15, 0.2) is 17.1 Å². The number of benzene rings is 2. The minimum absolute atomic E-state index is 0.0348. The number of aliphatic hydroxyl groups is 1. The number of anilines is 1. The first-order valence-corrected chi connectivity index (χ1v) is 6.61. The second-order valence-corrected chi connectivity index (χ2v) is 4.93. The lowest BCUT2D eigenvalue weighted by Crippen LogP contribution is -2.35. The van der Waals surface area contributed by atoms with E-state index in [-0.39, 0.29) is 11.3 Å². The van der Waals surface area contributed by atoms with Crippen molar-refractivity contribution in [1.82, 2.24) is 0 Å². The minimum Gasteiger partial charge on any atom is -0.507 e. The molecule has 6 nitrogen and oxygen atoms in total. The number of para-hydroxylation sites is 1. The van der Waals surface area contributed by atoms with E-state index in [2.05, 4.69) is 5.32 Å². The summed E-state index contributed by atoms with van der Waals surface area (Å²) in [6.07, 6.45) is 0. The molecule has 1 atom stereocenters. The van der Waals surface area contributed by atoms with Gasteiger partial charge in [0.1, 0.15) is 5.75 Å². The summed E-state index contributed by atoms with van der Waals surface area (Å²) in [6, 6.07) is 9.48. The maximum Gasteiger partial charge on any atom is 0.266 e. The van der Waals surface area contributed by atoms with Gasteiger partial charge in [0.2, 0.25) is 0 Å². The van der Waals surface area contributed by atoms with E-state index in [1.165, 1.54) is 26.4 Å². The summed E-state index contributed by atoms with van der Waals surface area (Å²) in [6.45, 7) is 0. The Hall–Kier alpha value is -2.73. The number of carbonyl (C=O) groups excluding carboxylic acids is 1. The van der Waals surface area contributed by atoms with Gasteiger partial charge in [-0.05, 0) is 12.1 Å². The molecule has 1 heterocycles. The number of amides is 1. The number of phenols is 1. The molecule has 2 aromatic rings. The quantitative estimate of drug-likeness (QED) is 0.801. The number of methoxy groups -OCH3 is 2. The zero-order valence-electron chi connectivity index (χ0n) is 12.1. The molecule has 1 aliphatic heterocycles. The summed E-state index contributed by atoms with van der Waals surface area (Å²) in [5.74, 6) is -0.275. The summed E-state index contributed by atoms with van der Waals surface area (Å²) < 4.78 is 10.3. The van der Waals surface area contributed by atoms with Gasteiger partial charge in [-0.15, -0.1) is 0 Å². The highest BCUT2D eigenvalue weighted by atomic mass is 16.5. The van der Waals surface area contributed by atoms with E-state index in [1.54, 1.807) is 24.3 Å². The van der Waals surface area contributed by atoms with Gasteiger partial charge in [-0.2, -0.15) is 0 Å². The van der Waals surface area contributed by atoms with Crippen molar-refractivity contribution < 1.29 is 24.5 Å². The van der Waals surface area contributed by atoms with Crippen LogP contribution >= 0.6 is 0 Å². The van der Waals surface area contributed by atoms with E-state index >= 15 is 0 Å². The number of fused-ring (bicyclic) bond motifs is 1. The van der Waals surface area contributed by atoms with E-state index in [9.17, 15) is 15.0 Å². The predicted octanol–water partition coefficient (Wildman–Crippen LogP) is 1.60. The van der Waals surface area contributed by atoms with Crippen LogP contribution < -0.4 is 14.8 Å². The zero-order valence-corrected chi connectivity index (χ0v) is 12.1. The second kappa shape index (κ2) is 4.92. The first kappa shape index (κ1) is 14.2. The highest BCUT2D eigenvalue weighted by molar-refractivity contribution is 6.07. The van der Waals surface area contributed by atoms with Crippen molar-refractivity contribution >= 4 is 11.6 Å². The lowest BCUT2D eigenvalue weighted by Gasteiger charge is -2.23. The largest absolute Gasteiger partial charge is 0.507 e. The van der Waals surface area contributed by atoms with Gasteiger partial charge in [0, 0.05) is 22.9 Å². The molecule has 3 rings (SSSR count). The van der Waals surface area contributed by atoms with Crippen molar-refractivity contribution in [2.24, 2.45) is 0 Å². The van der Waals surface area contributed by atoms with Gasteiger partial charge in [0.05, 0.1) is 14.2 Å². The summed E-state index contributed by atoms with van der Waals surface area (Å²) >= 11 is 0. The number of phenolic OH excluding ortho intramolecular Hbond substituents is 1. The molecule has 0 radical (unpaired) electrons. The average molecular weight is 301 g/mol. The Labute approximate surface area is 126 Å². The third kappa shape index (κ3) is 1.81. The molecule has 0 spiro atoms. The fourth-order valence-corrected chi connectivity index (χ4v) is 2.67. The maximum absolute atomic E-state index is 12.3. The second-order valence-electron chi connectivity index (χ2n) is 4.93. The number of hydrogen-bond acceptors (Lipinski definition) is 5. The van der Waals surface area contributed by atoms with Crippen LogP contribution in [0.1, 0.15) is 11.1 Å². The van der Waals surface area contributed by atoms with Crippen LogP contribution in [-0.4, -0.2) is 30.3 Å². The standard InChI is InChI=1S/C16H15NO5/c1-21-13-7-10(12(18)8-14(13)22-2)16(20)9-5-3-4-6-11(9)17-15(16)19/h3-8,18,20H,1-2H3,(H,17,19). The molecule has 1 amide bonds. The summed E-state index contributed by atoms with van der Waals surface area (Å²) in [7, 11) is 2.87. The third-order valence-corrected chi connectivity index (χ3v) is 3.79. The zero-order chi connectivity index (χ0) is 15.9. The van der Waals surface area contributed by atoms with Crippen LogP contribution in [-0.2, 0) is 10.4 Å². The topological polar surface area (TPSA) is 88.0 Å². The van der Waals surface area contributed by atoms with E-state index in [0.717, 1.165) is 0 Å². The van der Waals surface area contributed by atoms with Gasteiger partial charge < -0.3 is 25.0 Å². The molecular formula is C16H15NO5. The van der Waals surface area contributed by atoms with Crippen molar-refractivity contribution in [2.75, 3.05) is 19.5 Å². The molecule has 0 aliphatic carbocycles. The predicted molar refractivity (Wildman–Crippen MR) is 79.3 cm³/mol. The Morgan fingerprint density at radius 1 is 1.05 bits per heavy atom. The van der Waals surface area contributed by atoms with Crippen LogP contribution in [0.4, 0.5) is 5.69 Å². The Morgan fingerprint density at radius 3 is 2.36 bits per heavy atom. The summed E-state index contributed by atoms with van der Waals surface area (Å²) in [5.41, 5.74) is -1.07. The first-order chi connectivity index (χ1) is 10.5. The van der Waals surface area contributed by atoms with E-state index in [0.29, 0.717) is 22.7 Å². The fraction of sp³-hybridized carbons (Fsp3) is 0.188. The molecule has 2 aromatic carbocycles. The lowest BCUT2D eigenvalue weighted by atomic mass is 9.86. The molecule has 114 valence electrons. The number of aromatic hydroxyl groups is 1. The molecule has 3 N–H and O–H groups in total. The van der Waals surface area contributed by atoms with Crippen LogP contribution in [0.2, 0.25) is 0 Å². The molecule has 22 heavy (non-hydrogen) atoms. The molecule has 1 unspecified atom stereocenters. The van der Waals surface area contributed by atoms with Gasteiger partial charge in [-0.3, -0.25) is 4.79 Å². The van der Waals surface area contributed by atoms with E-state index in [1.807, 2.05) is 0 Å². The van der Waals surface area contributed by atoms with Crippen LogP contribution in [0.5, 0.6) is 17.2 Å². The maximum atomic E-state index is 12.3. The number of ether oxygens (including phenoxy) is 2. The van der Waals surface area contributed by atoms with Gasteiger partial charge in [-0.25, -0.2) is 0 Å². The minimum atomic E-state index is -1.99. The van der Waals surface area contributed by atoms with Crippen molar-refractivity contribution in [3.8, 4) is 17.2 Å². The Kier molecular flexibility index (Phi) is 3.18. The van der Waals surface area contributed by atoms with Crippen molar-refractivity contribution in [1.29, 1.82) is 0 Å². The number of carbonyl (C=O) groups is 1. The first-order valence-electron chi connectivity index (χ1n) is 6.61. The van der Waals surface area contributed by atoms with Crippen molar-refractivity contribution in [3.05, 3.63) is 47.5 Å². The summed E-state index contributed by atoms with van der Waals surface area (Å²) in [4.78, 5) is 12.3. The fourth-order valence-electron chi connectivity index (χ4n) is 2.67. The lowest BCUT2D eigenvalue weighted by molar-refractivity contribution is -0.129. The van der Waals surface area contributed by atoms with Crippen LogP contribution in [0.15, 0.2) is 36.4 Å². The molecule has 0 saturated carbocycles. The molecule has 0 aromatic heterocycles. The van der Waals surface area contributed by atoms with Gasteiger partial charge >= 0.3 is 0 Å². The molecule has 1 aliphatic rings. The molecule has 0 bridgehead atoms. The number of rotatable bonds is 3. The highest BCUT2D eigenvalue weighted by Crippen LogP contribution is 2.46. The Morgan fingerprint density at radius 2 is 1.68 bits per heavy atom. The SMILES string of the molecule is COc1cc(O)c(C2(O)C(=O)Nc3ccccc32)cc1OC. The van der Waals surface area contributed by atoms with Gasteiger partial charge in [-0.1, -0.05) is 18.2 Å². The Balaban J connectivity index is 2.24. The smallest absolute Gasteiger partial charge is 0.266 e. The normalized spacial score (nSPS) is 19.5. The third-order valence-electron chi connectivity index (χ3n) is 3.79. The van der Waals surface area contributed by atoms with Crippen LogP contribution in [0.3, 0.4) is 0 Å². The molecule has 0 saturated heterocycles. The average Bonchev–Trinajstić information content (AvgIpc) is 2.79. The Bertz CT molecular complexity index is 758. The monoisotopic (exact) mass is 301 g/mol. The van der Waals surface area contributed by atoms with Crippen LogP contribution in [0, 0.1) is 0 Å². The molecule has 6 heteroatoms. The highest BCUT2D eigenvalue weighted by Gasteiger charge is 2.48. The van der Waals surface area contributed by atoms with Gasteiger partial charge in [0.25, 0.3) is 5.91 Å². The van der Waals surface area contributed by atoms with Crippen LogP contribution in [0.25, 0.3) is 0 Å². The molecular weight excluding hydrogens is 286 g/mol.